The van der Waals surface area contributed by atoms with Gasteiger partial charge >= 0.3 is 0 Å². The van der Waals surface area contributed by atoms with Crippen molar-refractivity contribution in [2.24, 2.45) is 0 Å². The van der Waals surface area contributed by atoms with Crippen LogP contribution in [0.3, 0.4) is 0 Å². The van der Waals surface area contributed by atoms with E-state index < -0.39 is 0 Å². The highest BCUT2D eigenvalue weighted by Crippen LogP contribution is 2.29. The molecule has 0 saturated carbocycles. The van der Waals surface area contributed by atoms with Gasteiger partial charge in [0.1, 0.15) is 11.5 Å². The molecule has 162 valence electrons. The Bertz CT molecular complexity index is 1020. The second kappa shape index (κ2) is 10.6. The van der Waals surface area contributed by atoms with Crippen LogP contribution in [0.15, 0.2) is 60.0 Å². The molecule has 0 bridgehead atoms. The van der Waals surface area contributed by atoms with Crippen LogP contribution < -0.4 is 20.1 Å². The largest absolute Gasteiger partial charge is 0.494 e. The molecule has 0 aliphatic heterocycles. The van der Waals surface area contributed by atoms with Crippen LogP contribution in [0, 0.1) is 0 Å². The third kappa shape index (κ3) is 6.08. The molecule has 2 aromatic carbocycles. The van der Waals surface area contributed by atoms with Gasteiger partial charge in [-0.25, -0.2) is 0 Å². The molecule has 3 aromatic rings. The second-order valence-corrected chi connectivity index (χ2v) is 8.01. The summed E-state index contributed by atoms with van der Waals surface area (Å²) in [5.41, 5.74) is 2.32. The first-order valence-corrected chi connectivity index (χ1v) is 10.9. The number of carbonyl (C=O) groups excluding carboxylic acids is 2. The number of anilines is 2. The summed E-state index contributed by atoms with van der Waals surface area (Å²) in [4.78, 5) is 25.1. The Kier molecular flexibility index (Phi) is 7.67. The first-order chi connectivity index (χ1) is 15.0. The van der Waals surface area contributed by atoms with Crippen molar-refractivity contribution >= 4 is 34.5 Å². The standard InChI is InChI=1S/C24H26N2O4S/c1-4-16(2)17-7-10-19(11-8-17)30-15-23(27)25-18-9-12-20(21(14-18)29-3)26-24(28)22-6-5-13-31-22/h5-14,16H,4,15H2,1-3H3,(H,25,27)(H,26,28)/t16-/m0/s1. The lowest BCUT2D eigenvalue weighted by atomic mass is 9.99. The molecule has 0 spiro atoms. The number of rotatable bonds is 9. The van der Waals surface area contributed by atoms with Crippen molar-refractivity contribution in [3.05, 3.63) is 70.4 Å². The van der Waals surface area contributed by atoms with Crippen LogP contribution in [0.25, 0.3) is 0 Å². The van der Waals surface area contributed by atoms with E-state index in [2.05, 4.69) is 24.5 Å². The first-order valence-electron chi connectivity index (χ1n) is 10.1. The molecular weight excluding hydrogens is 412 g/mol. The molecule has 3 rings (SSSR count). The van der Waals surface area contributed by atoms with Crippen molar-refractivity contribution in [3.63, 3.8) is 0 Å². The minimum atomic E-state index is -0.288. The fourth-order valence-electron chi connectivity index (χ4n) is 2.94. The molecule has 0 unspecified atom stereocenters. The van der Waals surface area contributed by atoms with Crippen LogP contribution >= 0.6 is 11.3 Å². The zero-order valence-corrected chi connectivity index (χ0v) is 18.6. The number of methoxy groups -OCH3 is 1. The summed E-state index contributed by atoms with van der Waals surface area (Å²) in [6.45, 7) is 4.22. The lowest BCUT2D eigenvalue weighted by Gasteiger charge is -2.13. The predicted octanol–water partition coefficient (Wildman–Crippen LogP) is 5.54. The average Bonchev–Trinajstić information content (AvgIpc) is 3.33. The molecule has 0 radical (unpaired) electrons. The Balaban J connectivity index is 1.56. The van der Waals surface area contributed by atoms with Crippen LogP contribution in [0.4, 0.5) is 11.4 Å². The van der Waals surface area contributed by atoms with Crippen molar-refractivity contribution in [1.82, 2.24) is 0 Å². The van der Waals surface area contributed by atoms with Gasteiger partial charge < -0.3 is 20.1 Å². The fourth-order valence-corrected chi connectivity index (χ4v) is 3.56. The van der Waals surface area contributed by atoms with Crippen molar-refractivity contribution in [1.29, 1.82) is 0 Å². The SMILES string of the molecule is CC[C@H](C)c1ccc(OCC(=O)Nc2ccc(NC(=O)c3cccs3)c(OC)c2)cc1. The number of benzene rings is 2. The van der Waals surface area contributed by atoms with Crippen LogP contribution in [0.5, 0.6) is 11.5 Å². The summed E-state index contributed by atoms with van der Waals surface area (Å²) in [5, 5.41) is 7.44. The Hall–Kier alpha value is -3.32. The summed E-state index contributed by atoms with van der Waals surface area (Å²) in [7, 11) is 1.51. The molecule has 0 aliphatic carbocycles. The van der Waals surface area contributed by atoms with E-state index in [0.717, 1.165) is 6.42 Å². The second-order valence-electron chi connectivity index (χ2n) is 7.06. The number of amides is 2. The highest BCUT2D eigenvalue weighted by molar-refractivity contribution is 7.12. The number of hydrogen-bond donors (Lipinski definition) is 2. The van der Waals surface area contributed by atoms with E-state index in [0.29, 0.717) is 33.7 Å². The molecule has 0 fully saturated rings. The average molecular weight is 439 g/mol. The smallest absolute Gasteiger partial charge is 0.265 e. The minimum Gasteiger partial charge on any atom is -0.494 e. The van der Waals surface area contributed by atoms with E-state index in [4.69, 9.17) is 9.47 Å². The van der Waals surface area contributed by atoms with Gasteiger partial charge in [-0.1, -0.05) is 32.0 Å². The number of thiophene rings is 1. The summed E-state index contributed by atoms with van der Waals surface area (Å²) in [6, 6.07) is 16.4. The van der Waals surface area contributed by atoms with Crippen LogP contribution in [-0.2, 0) is 4.79 Å². The molecule has 2 N–H and O–H groups in total. The lowest BCUT2D eigenvalue weighted by Crippen LogP contribution is -2.20. The summed E-state index contributed by atoms with van der Waals surface area (Å²) >= 11 is 1.36. The molecule has 7 heteroatoms. The maximum absolute atomic E-state index is 12.3. The van der Waals surface area contributed by atoms with E-state index in [1.807, 2.05) is 35.7 Å². The Morgan fingerprint density at radius 1 is 1.06 bits per heavy atom. The monoisotopic (exact) mass is 438 g/mol. The molecule has 1 heterocycles. The van der Waals surface area contributed by atoms with Gasteiger partial charge in [0.15, 0.2) is 6.61 Å². The van der Waals surface area contributed by atoms with Crippen LogP contribution in [0.2, 0.25) is 0 Å². The molecule has 6 nitrogen and oxygen atoms in total. The van der Waals surface area contributed by atoms with Gasteiger partial charge in [-0.2, -0.15) is 0 Å². The first kappa shape index (κ1) is 22.4. The fraction of sp³-hybridized carbons (Fsp3) is 0.250. The number of nitrogens with one attached hydrogen (secondary N) is 2. The van der Waals surface area contributed by atoms with E-state index in [9.17, 15) is 9.59 Å². The zero-order chi connectivity index (χ0) is 22.2. The van der Waals surface area contributed by atoms with Crippen LogP contribution in [0.1, 0.15) is 41.4 Å². The summed E-state index contributed by atoms with van der Waals surface area (Å²) in [6.07, 6.45) is 1.07. The van der Waals surface area contributed by atoms with Crippen molar-refractivity contribution in [2.45, 2.75) is 26.2 Å². The topological polar surface area (TPSA) is 76.7 Å². The highest BCUT2D eigenvalue weighted by atomic mass is 32.1. The maximum atomic E-state index is 12.3. The van der Waals surface area contributed by atoms with Gasteiger partial charge in [0.05, 0.1) is 17.7 Å². The number of carbonyl (C=O) groups is 2. The quantitative estimate of drug-likeness (QED) is 0.460. The Morgan fingerprint density at radius 3 is 2.48 bits per heavy atom. The number of ether oxygens (including phenoxy) is 2. The van der Waals surface area contributed by atoms with Crippen molar-refractivity contribution < 1.29 is 19.1 Å². The predicted molar refractivity (Wildman–Crippen MR) is 125 cm³/mol. The summed E-state index contributed by atoms with van der Waals surface area (Å²) in [5.74, 6) is 1.09. The summed E-state index contributed by atoms with van der Waals surface area (Å²) < 4.78 is 10.9. The van der Waals surface area contributed by atoms with Gasteiger partial charge in [-0.15, -0.1) is 11.3 Å². The zero-order valence-electron chi connectivity index (χ0n) is 17.8. The number of hydrogen-bond acceptors (Lipinski definition) is 5. The third-order valence-corrected chi connectivity index (χ3v) is 5.78. The molecule has 0 aliphatic rings. The van der Waals surface area contributed by atoms with Crippen molar-refractivity contribution in [3.8, 4) is 11.5 Å². The van der Waals surface area contributed by atoms with E-state index in [1.54, 1.807) is 24.3 Å². The molecule has 1 aromatic heterocycles. The molecule has 0 saturated heterocycles. The Labute approximate surface area is 186 Å². The third-order valence-electron chi connectivity index (χ3n) is 4.91. The maximum Gasteiger partial charge on any atom is 0.265 e. The molecule has 1 atom stereocenters. The van der Waals surface area contributed by atoms with Gasteiger partial charge in [0.25, 0.3) is 11.8 Å². The van der Waals surface area contributed by atoms with Crippen LogP contribution in [-0.4, -0.2) is 25.5 Å². The Morgan fingerprint density at radius 2 is 1.84 bits per heavy atom. The lowest BCUT2D eigenvalue weighted by molar-refractivity contribution is -0.118. The van der Waals surface area contributed by atoms with Gasteiger partial charge in [0.2, 0.25) is 0 Å². The molecule has 2 amide bonds. The normalized spacial score (nSPS) is 11.5. The highest BCUT2D eigenvalue weighted by Gasteiger charge is 2.12. The minimum absolute atomic E-state index is 0.109. The molecule has 31 heavy (non-hydrogen) atoms. The van der Waals surface area contributed by atoms with Gasteiger partial charge in [-0.3, -0.25) is 9.59 Å². The van der Waals surface area contributed by atoms with E-state index >= 15 is 0 Å². The van der Waals surface area contributed by atoms with Gasteiger partial charge in [-0.05, 0) is 53.6 Å². The molecular formula is C24H26N2O4S. The van der Waals surface area contributed by atoms with E-state index in [1.165, 1.54) is 24.0 Å². The van der Waals surface area contributed by atoms with E-state index in [-0.39, 0.29) is 18.4 Å². The van der Waals surface area contributed by atoms with Gasteiger partial charge in [0, 0.05) is 11.8 Å². The van der Waals surface area contributed by atoms with Crippen molar-refractivity contribution in [2.75, 3.05) is 24.4 Å².